The molecule has 0 saturated carbocycles. The fraction of sp³-hybridized carbons (Fsp3) is 0.375. The number of hydrogen-bond acceptors (Lipinski definition) is 5. The average molecular weight is 439 g/mol. The van der Waals surface area contributed by atoms with Gasteiger partial charge in [-0.3, -0.25) is 9.59 Å². The lowest BCUT2D eigenvalue weighted by atomic mass is 9.82. The van der Waals surface area contributed by atoms with Crippen LogP contribution in [0.3, 0.4) is 0 Å². The summed E-state index contributed by atoms with van der Waals surface area (Å²) in [5.74, 6) is 0.642. The summed E-state index contributed by atoms with van der Waals surface area (Å²) >= 11 is 6.02. The number of ether oxygens (including phenoxy) is 1. The van der Waals surface area contributed by atoms with Gasteiger partial charge in [-0.2, -0.15) is 0 Å². The van der Waals surface area contributed by atoms with Crippen LogP contribution in [0.15, 0.2) is 34.9 Å². The van der Waals surface area contributed by atoms with Crippen LogP contribution in [0.5, 0.6) is 5.75 Å². The predicted molar refractivity (Wildman–Crippen MR) is 117 cm³/mol. The number of aromatic nitrogens is 1. The van der Waals surface area contributed by atoms with E-state index in [2.05, 4.69) is 11.2 Å². The van der Waals surface area contributed by atoms with Crippen LogP contribution >= 0.6 is 11.6 Å². The minimum absolute atomic E-state index is 0.0133. The Bertz CT molecular complexity index is 1210. The van der Waals surface area contributed by atoms with Gasteiger partial charge in [0, 0.05) is 36.3 Å². The van der Waals surface area contributed by atoms with Gasteiger partial charge in [-0.05, 0) is 49.2 Å². The number of amides is 1. The van der Waals surface area contributed by atoms with E-state index in [-0.39, 0.29) is 18.1 Å². The Kier molecular flexibility index (Phi) is 4.77. The lowest BCUT2D eigenvalue weighted by Gasteiger charge is -2.44. The van der Waals surface area contributed by atoms with Gasteiger partial charge in [-0.15, -0.1) is 0 Å². The van der Waals surface area contributed by atoms with Crippen molar-refractivity contribution in [1.82, 2.24) is 10.1 Å². The van der Waals surface area contributed by atoms with Crippen LogP contribution in [-0.4, -0.2) is 40.4 Å². The van der Waals surface area contributed by atoms with Crippen LogP contribution in [0.2, 0.25) is 5.02 Å². The number of likely N-dealkylation sites (tertiary alicyclic amines) is 1. The van der Waals surface area contributed by atoms with E-state index in [1.807, 2.05) is 24.8 Å². The number of rotatable bonds is 2. The molecule has 31 heavy (non-hydrogen) atoms. The molecule has 0 bridgehead atoms. The normalized spacial score (nSPS) is 17.6. The first kappa shape index (κ1) is 20.1. The lowest BCUT2D eigenvalue weighted by molar-refractivity contribution is -0.134. The Morgan fingerprint density at radius 2 is 1.97 bits per heavy atom. The van der Waals surface area contributed by atoms with Crippen molar-refractivity contribution in [3.63, 3.8) is 0 Å². The molecule has 7 heteroatoms. The molecule has 160 valence electrons. The topological polar surface area (TPSA) is 72.6 Å². The third kappa shape index (κ3) is 3.59. The summed E-state index contributed by atoms with van der Waals surface area (Å²) in [6, 6.07) is 9.16. The van der Waals surface area contributed by atoms with Crippen LogP contribution in [-0.2, 0) is 11.2 Å². The van der Waals surface area contributed by atoms with E-state index in [4.69, 9.17) is 20.9 Å². The summed E-state index contributed by atoms with van der Waals surface area (Å²) in [5, 5.41) is 5.60. The maximum absolute atomic E-state index is 13.0. The zero-order valence-corrected chi connectivity index (χ0v) is 18.3. The highest BCUT2D eigenvalue weighted by atomic mass is 35.5. The van der Waals surface area contributed by atoms with Crippen molar-refractivity contribution >= 4 is 34.3 Å². The van der Waals surface area contributed by atoms with Gasteiger partial charge < -0.3 is 14.2 Å². The van der Waals surface area contributed by atoms with E-state index >= 15 is 0 Å². The first-order valence-corrected chi connectivity index (χ1v) is 10.9. The molecule has 0 unspecified atom stereocenters. The van der Waals surface area contributed by atoms with Crippen LogP contribution < -0.4 is 4.74 Å². The summed E-state index contributed by atoms with van der Waals surface area (Å²) in [6.07, 6.45) is 1.74. The molecule has 1 aromatic heterocycles. The standard InChI is InChI=1S/C24H23ClN2O4/c1-14-9-15(2)23-18(26-31-21(23)10-14)12-22(29)27-7-5-24(6-8-27)13-19(28)17-11-16(25)3-4-20(17)30-24/h3-4,9-11H,5-8,12-13H2,1-2H3. The first-order valence-electron chi connectivity index (χ1n) is 10.5. The molecule has 2 aliphatic heterocycles. The van der Waals surface area contributed by atoms with Crippen molar-refractivity contribution in [3.8, 4) is 5.75 Å². The van der Waals surface area contributed by atoms with Gasteiger partial charge >= 0.3 is 0 Å². The average Bonchev–Trinajstić information content (AvgIpc) is 3.12. The molecule has 1 fully saturated rings. The van der Waals surface area contributed by atoms with Gasteiger partial charge in [0.05, 0.1) is 18.4 Å². The molecule has 1 amide bonds. The Balaban J connectivity index is 1.28. The predicted octanol–water partition coefficient (Wildman–Crippen LogP) is 4.67. The maximum atomic E-state index is 13.0. The quantitative estimate of drug-likeness (QED) is 0.581. The van der Waals surface area contributed by atoms with Crippen molar-refractivity contribution in [1.29, 1.82) is 0 Å². The van der Waals surface area contributed by atoms with E-state index in [1.165, 1.54) is 0 Å². The van der Waals surface area contributed by atoms with Gasteiger partial charge in [-0.25, -0.2) is 0 Å². The first-order chi connectivity index (χ1) is 14.8. The molecule has 2 aliphatic rings. The molecule has 0 atom stereocenters. The number of ketones is 1. The van der Waals surface area contributed by atoms with Gasteiger partial charge in [-0.1, -0.05) is 22.8 Å². The fourth-order valence-electron chi connectivity index (χ4n) is 4.80. The van der Waals surface area contributed by atoms with E-state index in [0.717, 1.165) is 16.5 Å². The number of hydrogen-bond donors (Lipinski definition) is 0. The number of halogens is 1. The third-order valence-electron chi connectivity index (χ3n) is 6.38. The number of aryl methyl sites for hydroxylation is 2. The Hall–Kier alpha value is -2.86. The molecule has 0 radical (unpaired) electrons. The summed E-state index contributed by atoms with van der Waals surface area (Å²) < 4.78 is 11.7. The summed E-state index contributed by atoms with van der Waals surface area (Å²) in [4.78, 5) is 27.5. The molecule has 3 aromatic rings. The number of nitrogens with zero attached hydrogens (tertiary/aromatic N) is 2. The smallest absolute Gasteiger partial charge is 0.228 e. The number of carbonyl (C=O) groups is 2. The van der Waals surface area contributed by atoms with Crippen molar-refractivity contribution in [2.75, 3.05) is 13.1 Å². The highest BCUT2D eigenvalue weighted by molar-refractivity contribution is 6.31. The van der Waals surface area contributed by atoms with E-state index < -0.39 is 5.60 Å². The number of fused-ring (bicyclic) bond motifs is 2. The summed E-state index contributed by atoms with van der Waals surface area (Å²) in [7, 11) is 0. The number of benzene rings is 2. The highest BCUT2D eigenvalue weighted by Gasteiger charge is 2.43. The van der Waals surface area contributed by atoms with E-state index in [0.29, 0.717) is 60.0 Å². The van der Waals surface area contributed by atoms with Crippen LogP contribution in [0, 0.1) is 13.8 Å². The molecule has 1 spiro atoms. The SMILES string of the molecule is Cc1cc(C)c2c(CC(=O)N3CCC4(CC3)CC(=O)c3cc(Cl)ccc3O4)noc2c1. The second-order valence-corrected chi connectivity index (χ2v) is 9.10. The highest BCUT2D eigenvalue weighted by Crippen LogP contribution is 2.40. The Morgan fingerprint density at radius 3 is 2.74 bits per heavy atom. The van der Waals surface area contributed by atoms with Crippen LogP contribution in [0.4, 0.5) is 0 Å². The molecule has 1 saturated heterocycles. The molecule has 2 aromatic carbocycles. The molecule has 5 rings (SSSR count). The number of piperidine rings is 1. The molecule has 3 heterocycles. The second kappa shape index (κ2) is 7.38. The van der Waals surface area contributed by atoms with Crippen molar-refractivity contribution in [3.05, 3.63) is 57.7 Å². The minimum atomic E-state index is -0.552. The minimum Gasteiger partial charge on any atom is -0.486 e. The van der Waals surface area contributed by atoms with Crippen molar-refractivity contribution < 1.29 is 18.8 Å². The Labute approximate surface area is 185 Å². The molecule has 6 nitrogen and oxygen atoms in total. The third-order valence-corrected chi connectivity index (χ3v) is 6.62. The summed E-state index contributed by atoms with van der Waals surface area (Å²) in [5.41, 5.74) is 3.54. The lowest BCUT2D eigenvalue weighted by Crippen LogP contribution is -2.52. The zero-order valence-electron chi connectivity index (χ0n) is 17.5. The van der Waals surface area contributed by atoms with Gasteiger partial charge in [0.15, 0.2) is 11.4 Å². The van der Waals surface area contributed by atoms with Crippen LogP contribution in [0.25, 0.3) is 11.0 Å². The van der Waals surface area contributed by atoms with E-state index in [1.54, 1.807) is 18.2 Å². The monoisotopic (exact) mass is 438 g/mol. The maximum Gasteiger partial charge on any atom is 0.228 e. The van der Waals surface area contributed by atoms with Crippen LogP contribution in [0.1, 0.15) is 46.4 Å². The van der Waals surface area contributed by atoms with Crippen molar-refractivity contribution in [2.24, 2.45) is 0 Å². The summed E-state index contributed by atoms with van der Waals surface area (Å²) in [6.45, 7) is 5.11. The van der Waals surface area contributed by atoms with Crippen molar-refractivity contribution in [2.45, 2.75) is 45.1 Å². The number of carbonyl (C=O) groups excluding carboxylic acids is 2. The molecular weight excluding hydrogens is 416 g/mol. The zero-order chi connectivity index (χ0) is 21.8. The molecular formula is C24H23ClN2O4. The largest absolute Gasteiger partial charge is 0.486 e. The molecule has 0 aliphatic carbocycles. The molecule has 0 N–H and O–H groups in total. The Morgan fingerprint density at radius 1 is 1.19 bits per heavy atom. The van der Waals surface area contributed by atoms with Gasteiger partial charge in [0.25, 0.3) is 0 Å². The van der Waals surface area contributed by atoms with Gasteiger partial charge in [0.1, 0.15) is 17.0 Å². The van der Waals surface area contributed by atoms with Gasteiger partial charge in [0.2, 0.25) is 5.91 Å². The number of Topliss-reactive ketones (excluding diaryl/α,β-unsaturated/α-hetero) is 1. The van der Waals surface area contributed by atoms with E-state index in [9.17, 15) is 9.59 Å². The second-order valence-electron chi connectivity index (χ2n) is 8.67. The fourth-order valence-corrected chi connectivity index (χ4v) is 4.98.